The maximum Gasteiger partial charge on any atom is 0.254 e. The molecule has 160 valence electrons. The number of ether oxygens (including phenoxy) is 1. The van der Waals surface area contributed by atoms with Crippen LogP contribution in [0.3, 0.4) is 0 Å². The normalized spacial score (nSPS) is 18.1. The van der Waals surface area contributed by atoms with E-state index in [4.69, 9.17) is 4.74 Å². The predicted molar refractivity (Wildman–Crippen MR) is 124 cm³/mol. The van der Waals surface area contributed by atoms with E-state index in [0.717, 1.165) is 10.4 Å². The molecule has 2 amide bonds. The first kappa shape index (κ1) is 21.1. The van der Waals surface area contributed by atoms with Crippen LogP contribution < -0.4 is 10.1 Å². The van der Waals surface area contributed by atoms with E-state index in [1.54, 1.807) is 24.5 Å². The fourth-order valence-corrected chi connectivity index (χ4v) is 5.04. The van der Waals surface area contributed by atoms with Gasteiger partial charge < -0.3 is 15.0 Å². The summed E-state index contributed by atoms with van der Waals surface area (Å²) in [5.41, 5.74) is 2.03. The molecule has 1 N–H and O–H groups in total. The van der Waals surface area contributed by atoms with Gasteiger partial charge in [-0.1, -0.05) is 44.2 Å². The number of amides is 2. The Bertz CT molecular complexity index is 1080. The molecular weight excluding hydrogens is 408 g/mol. The molecule has 1 aromatic heterocycles. The summed E-state index contributed by atoms with van der Waals surface area (Å²) in [5, 5.41) is 5.05. The average molecular weight is 435 g/mol. The molecule has 0 aliphatic carbocycles. The number of rotatable bonds is 6. The molecule has 0 bridgehead atoms. The monoisotopic (exact) mass is 434 g/mol. The molecule has 0 saturated carbocycles. The number of methoxy groups -OCH3 is 1. The second-order valence-corrected chi connectivity index (χ2v) is 9.08. The highest BCUT2D eigenvalue weighted by Crippen LogP contribution is 2.45. The van der Waals surface area contributed by atoms with Crippen molar-refractivity contribution in [1.29, 1.82) is 0 Å². The molecule has 31 heavy (non-hydrogen) atoms. The molecule has 1 aliphatic rings. The van der Waals surface area contributed by atoms with Gasteiger partial charge in [-0.05, 0) is 41.1 Å². The lowest BCUT2D eigenvalue weighted by Gasteiger charge is -2.42. The first-order valence-electron chi connectivity index (χ1n) is 10.4. The number of carbonyl (C=O) groups is 2. The summed E-state index contributed by atoms with van der Waals surface area (Å²) in [7, 11) is 1.60. The van der Waals surface area contributed by atoms with Crippen molar-refractivity contribution in [3.63, 3.8) is 0 Å². The smallest absolute Gasteiger partial charge is 0.254 e. The Morgan fingerprint density at radius 1 is 1.13 bits per heavy atom. The second-order valence-electron chi connectivity index (χ2n) is 8.10. The molecule has 0 saturated heterocycles. The van der Waals surface area contributed by atoms with Gasteiger partial charge in [0.25, 0.3) is 5.91 Å². The van der Waals surface area contributed by atoms with E-state index in [2.05, 4.69) is 19.2 Å². The predicted octanol–water partition coefficient (Wildman–Crippen LogP) is 5.33. The molecule has 2 aromatic carbocycles. The van der Waals surface area contributed by atoms with Gasteiger partial charge >= 0.3 is 0 Å². The maximum atomic E-state index is 13.7. The number of hydrogen-bond acceptors (Lipinski definition) is 4. The molecule has 2 atom stereocenters. The Labute approximate surface area is 186 Å². The van der Waals surface area contributed by atoms with Gasteiger partial charge in [-0.15, -0.1) is 11.3 Å². The lowest BCUT2D eigenvalue weighted by atomic mass is 9.81. The third kappa shape index (κ3) is 4.21. The zero-order valence-corrected chi connectivity index (χ0v) is 18.7. The second kappa shape index (κ2) is 8.94. The number of nitrogens with zero attached hydrogens (tertiary/aromatic N) is 1. The third-order valence-corrected chi connectivity index (χ3v) is 6.40. The minimum absolute atomic E-state index is 0.0202. The van der Waals surface area contributed by atoms with Crippen LogP contribution in [-0.2, 0) is 4.79 Å². The number of thiophene rings is 1. The minimum Gasteiger partial charge on any atom is -0.497 e. The van der Waals surface area contributed by atoms with E-state index < -0.39 is 5.92 Å². The van der Waals surface area contributed by atoms with Crippen LogP contribution in [0.5, 0.6) is 5.75 Å². The topological polar surface area (TPSA) is 58.6 Å². The molecule has 0 radical (unpaired) electrons. The molecule has 0 fully saturated rings. The van der Waals surface area contributed by atoms with Crippen LogP contribution in [0.2, 0.25) is 0 Å². The summed E-state index contributed by atoms with van der Waals surface area (Å²) >= 11 is 1.58. The fraction of sp³-hybridized carbons (Fsp3) is 0.280. The maximum absolute atomic E-state index is 13.7. The van der Waals surface area contributed by atoms with E-state index in [1.807, 2.05) is 64.9 Å². The van der Waals surface area contributed by atoms with Gasteiger partial charge in [0.2, 0.25) is 5.91 Å². The van der Waals surface area contributed by atoms with Gasteiger partial charge in [0.1, 0.15) is 5.75 Å². The summed E-state index contributed by atoms with van der Waals surface area (Å²) < 4.78 is 5.29. The number of carbonyl (C=O) groups excluding carboxylic acids is 2. The summed E-state index contributed by atoms with van der Waals surface area (Å²) in [6, 6.07) is 18.4. The van der Waals surface area contributed by atoms with E-state index in [1.165, 1.54) is 0 Å². The first-order chi connectivity index (χ1) is 15.0. The zero-order chi connectivity index (χ0) is 22.0. The van der Waals surface area contributed by atoms with Crippen molar-refractivity contribution in [2.75, 3.05) is 19.0 Å². The van der Waals surface area contributed by atoms with Crippen LogP contribution >= 0.6 is 11.3 Å². The Kier molecular flexibility index (Phi) is 6.09. The number of nitrogens with one attached hydrogen (secondary N) is 1. The van der Waals surface area contributed by atoms with Crippen LogP contribution in [-0.4, -0.2) is 30.4 Å². The third-order valence-electron chi connectivity index (χ3n) is 5.45. The summed E-state index contributed by atoms with van der Waals surface area (Å²) in [6.07, 6.45) is 0. The lowest BCUT2D eigenvalue weighted by Crippen LogP contribution is -2.47. The molecule has 0 unspecified atom stereocenters. The van der Waals surface area contributed by atoms with Gasteiger partial charge in [0.05, 0.1) is 19.1 Å². The van der Waals surface area contributed by atoms with E-state index in [-0.39, 0.29) is 23.8 Å². The van der Waals surface area contributed by atoms with Crippen LogP contribution in [0.4, 0.5) is 5.69 Å². The molecule has 4 rings (SSSR count). The van der Waals surface area contributed by atoms with Crippen molar-refractivity contribution >= 4 is 28.8 Å². The summed E-state index contributed by atoms with van der Waals surface area (Å²) in [6.45, 7) is 4.76. The van der Waals surface area contributed by atoms with E-state index in [0.29, 0.717) is 23.5 Å². The van der Waals surface area contributed by atoms with Gasteiger partial charge in [0.15, 0.2) is 0 Å². The van der Waals surface area contributed by atoms with Gasteiger partial charge in [-0.25, -0.2) is 0 Å². The van der Waals surface area contributed by atoms with Crippen molar-refractivity contribution in [2.45, 2.75) is 25.8 Å². The number of hydrogen-bond donors (Lipinski definition) is 1. The molecule has 5 nitrogen and oxygen atoms in total. The molecular formula is C25H26N2O3S. The molecule has 1 aliphatic heterocycles. The summed E-state index contributed by atoms with van der Waals surface area (Å²) in [5.74, 6) is 0.276. The van der Waals surface area contributed by atoms with Crippen LogP contribution in [0, 0.1) is 5.92 Å². The van der Waals surface area contributed by atoms with Crippen LogP contribution in [0.25, 0.3) is 0 Å². The largest absolute Gasteiger partial charge is 0.497 e. The zero-order valence-electron chi connectivity index (χ0n) is 17.9. The molecule has 6 heteroatoms. The molecule has 0 spiro atoms. The van der Waals surface area contributed by atoms with Gasteiger partial charge in [-0.2, -0.15) is 0 Å². The number of fused-ring (bicyclic) bond motifs is 1. The molecule has 2 heterocycles. The quantitative estimate of drug-likeness (QED) is 0.570. The van der Waals surface area contributed by atoms with E-state index >= 15 is 0 Å². The van der Waals surface area contributed by atoms with E-state index in [9.17, 15) is 9.59 Å². The van der Waals surface area contributed by atoms with Crippen molar-refractivity contribution in [3.05, 3.63) is 82.0 Å². The Morgan fingerprint density at radius 2 is 1.94 bits per heavy atom. The van der Waals surface area contributed by atoms with Crippen molar-refractivity contribution in [3.8, 4) is 5.75 Å². The van der Waals surface area contributed by atoms with Crippen molar-refractivity contribution < 1.29 is 14.3 Å². The minimum atomic E-state index is -0.516. The number of benzene rings is 2. The number of anilines is 1. The van der Waals surface area contributed by atoms with Crippen LogP contribution in [0.1, 0.15) is 46.6 Å². The highest BCUT2D eigenvalue weighted by atomic mass is 32.1. The van der Waals surface area contributed by atoms with Crippen molar-refractivity contribution in [1.82, 2.24) is 4.90 Å². The Hall–Kier alpha value is -3.12. The van der Waals surface area contributed by atoms with Crippen molar-refractivity contribution in [2.24, 2.45) is 5.92 Å². The standard InChI is InChI=1S/C25H26N2O3S/c1-16(2)15-27-23(21-12-7-13-31-21)22(19-10-4-5-11-20(19)25(27)29)24(28)26-17-8-6-9-18(14-17)30-3/h4-14,16,22-23H,15H2,1-3H3,(H,26,28)/t22-,23+/m0/s1. The molecule has 3 aromatic rings. The summed E-state index contributed by atoms with van der Waals surface area (Å²) in [4.78, 5) is 30.0. The highest BCUT2D eigenvalue weighted by molar-refractivity contribution is 7.10. The highest BCUT2D eigenvalue weighted by Gasteiger charge is 2.44. The Morgan fingerprint density at radius 3 is 2.65 bits per heavy atom. The van der Waals surface area contributed by atoms with Gasteiger partial charge in [0, 0.05) is 28.7 Å². The Balaban J connectivity index is 1.80. The average Bonchev–Trinajstić information content (AvgIpc) is 3.29. The fourth-order valence-electron chi connectivity index (χ4n) is 4.17. The van der Waals surface area contributed by atoms with Gasteiger partial charge in [-0.3, -0.25) is 9.59 Å². The van der Waals surface area contributed by atoms with Crippen LogP contribution in [0.15, 0.2) is 66.0 Å². The SMILES string of the molecule is COc1cccc(NC(=O)[C@H]2c3ccccc3C(=O)N(CC(C)C)[C@@H]2c2cccs2)c1. The first-order valence-corrected chi connectivity index (χ1v) is 11.3. The lowest BCUT2D eigenvalue weighted by molar-refractivity contribution is -0.119.